The third-order valence-corrected chi connectivity index (χ3v) is 3.08. The highest BCUT2D eigenvalue weighted by atomic mass is 79.9. The zero-order valence-electron chi connectivity index (χ0n) is 9.24. The molecule has 0 atom stereocenters. The average Bonchev–Trinajstić information content (AvgIpc) is 2.34. The number of halogens is 1. The molecule has 1 aromatic carbocycles. The van der Waals surface area contributed by atoms with E-state index >= 15 is 0 Å². The van der Waals surface area contributed by atoms with E-state index in [4.69, 9.17) is 5.84 Å². The van der Waals surface area contributed by atoms with Crippen LogP contribution in [-0.2, 0) is 0 Å². The first kappa shape index (κ1) is 11.8. The zero-order chi connectivity index (χ0) is 12.3. The summed E-state index contributed by atoms with van der Waals surface area (Å²) < 4.78 is 1.05. The molecule has 0 unspecified atom stereocenters. The van der Waals surface area contributed by atoms with Crippen LogP contribution in [0.25, 0.3) is 0 Å². The molecule has 0 amide bonds. The summed E-state index contributed by atoms with van der Waals surface area (Å²) in [7, 11) is 0. The monoisotopic (exact) mass is 293 g/mol. The van der Waals surface area contributed by atoms with Crippen LogP contribution < -0.4 is 16.6 Å². The lowest BCUT2D eigenvalue weighted by atomic mass is 10.2. The van der Waals surface area contributed by atoms with Crippen LogP contribution in [0.4, 0.5) is 17.5 Å². The second-order valence-corrected chi connectivity index (χ2v) is 4.35. The van der Waals surface area contributed by atoms with Crippen LogP contribution in [0.15, 0.2) is 34.9 Å². The predicted molar refractivity (Wildman–Crippen MR) is 72.0 cm³/mol. The van der Waals surface area contributed by atoms with Gasteiger partial charge < -0.3 is 5.32 Å². The Bertz CT molecular complexity index is 529. The van der Waals surface area contributed by atoms with Crippen LogP contribution in [0.5, 0.6) is 0 Å². The van der Waals surface area contributed by atoms with Gasteiger partial charge in [-0.15, -0.1) is 0 Å². The summed E-state index contributed by atoms with van der Waals surface area (Å²) in [5, 5.41) is 3.17. The van der Waals surface area contributed by atoms with Crippen molar-refractivity contribution in [2.75, 3.05) is 10.7 Å². The molecule has 17 heavy (non-hydrogen) atoms. The summed E-state index contributed by atoms with van der Waals surface area (Å²) in [6.45, 7) is 2.04. The van der Waals surface area contributed by atoms with E-state index in [1.807, 2.05) is 25.1 Å². The fraction of sp³-hybridized carbons (Fsp3) is 0.0909. The van der Waals surface area contributed by atoms with Crippen LogP contribution in [-0.4, -0.2) is 9.97 Å². The number of anilines is 3. The largest absolute Gasteiger partial charge is 0.340 e. The van der Waals surface area contributed by atoms with Gasteiger partial charge in [-0.1, -0.05) is 22.0 Å². The Morgan fingerprint density at radius 3 is 2.82 bits per heavy atom. The second kappa shape index (κ2) is 5.11. The first-order chi connectivity index (χ1) is 8.19. The minimum absolute atomic E-state index is 0.376. The quantitative estimate of drug-likeness (QED) is 0.599. The van der Waals surface area contributed by atoms with Crippen LogP contribution in [0.1, 0.15) is 5.56 Å². The fourth-order valence-corrected chi connectivity index (χ4v) is 1.70. The number of aryl methyl sites for hydroxylation is 1. The van der Waals surface area contributed by atoms with Gasteiger partial charge in [0.25, 0.3) is 0 Å². The maximum atomic E-state index is 5.25. The summed E-state index contributed by atoms with van der Waals surface area (Å²) in [6.07, 6.45) is 1.63. The predicted octanol–water partition coefficient (Wildman–Crippen LogP) is 2.58. The third-order valence-electron chi connectivity index (χ3n) is 2.23. The Morgan fingerprint density at radius 2 is 2.12 bits per heavy atom. The van der Waals surface area contributed by atoms with E-state index in [0.29, 0.717) is 11.8 Å². The van der Waals surface area contributed by atoms with Crippen molar-refractivity contribution in [2.24, 2.45) is 5.84 Å². The van der Waals surface area contributed by atoms with Gasteiger partial charge in [0.15, 0.2) is 0 Å². The van der Waals surface area contributed by atoms with E-state index in [2.05, 4.69) is 36.6 Å². The molecule has 0 aliphatic carbocycles. The highest BCUT2D eigenvalue weighted by molar-refractivity contribution is 9.10. The van der Waals surface area contributed by atoms with Crippen LogP contribution >= 0.6 is 15.9 Å². The summed E-state index contributed by atoms with van der Waals surface area (Å²) in [5.41, 5.74) is 4.53. The first-order valence-corrected chi connectivity index (χ1v) is 5.81. The SMILES string of the molecule is Cc1ccc(Nc2ccnc(NN)n2)cc1Br. The molecule has 6 heteroatoms. The summed E-state index contributed by atoms with van der Waals surface area (Å²) in [6, 6.07) is 7.77. The zero-order valence-corrected chi connectivity index (χ0v) is 10.8. The Balaban J connectivity index is 2.22. The average molecular weight is 294 g/mol. The van der Waals surface area contributed by atoms with Crippen LogP contribution in [0.2, 0.25) is 0 Å². The van der Waals surface area contributed by atoms with Crippen molar-refractivity contribution < 1.29 is 0 Å². The molecule has 1 aromatic heterocycles. The number of rotatable bonds is 3. The number of benzene rings is 1. The standard InChI is InChI=1S/C11H12BrN5/c1-7-2-3-8(6-9(7)12)15-10-4-5-14-11(16-10)17-13/h2-6H,13H2,1H3,(H2,14,15,16,17). The van der Waals surface area contributed by atoms with E-state index in [0.717, 1.165) is 10.2 Å². The van der Waals surface area contributed by atoms with Crippen molar-refractivity contribution in [1.29, 1.82) is 0 Å². The van der Waals surface area contributed by atoms with E-state index in [1.165, 1.54) is 5.56 Å². The molecule has 0 radical (unpaired) electrons. The Kier molecular flexibility index (Phi) is 3.55. The maximum Gasteiger partial charge on any atom is 0.239 e. The molecule has 0 aliphatic heterocycles. The van der Waals surface area contributed by atoms with Crippen LogP contribution in [0.3, 0.4) is 0 Å². The van der Waals surface area contributed by atoms with Crippen molar-refractivity contribution >= 4 is 33.4 Å². The van der Waals surface area contributed by atoms with Gasteiger partial charge in [-0.25, -0.2) is 10.8 Å². The van der Waals surface area contributed by atoms with Gasteiger partial charge >= 0.3 is 0 Å². The third kappa shape index (κ3) is 2.92. The Labute approximate surface area is 108 Å². The number of hydrazine groups is 1. The molecule has 5 nitrogen and oxygen atoms in total. The highest BCUT2D eigenvalue weighted by Crippen LogP contribution is 2.22. The molecule has 1 heterocycles. The molecule has 4 N–H and O–H groups in total. The van der Waals surface area contributed by atoms with Crippen molar-refractivity contribution in [3.8, 4) is 0 Å². The summed E-state index contributed by atoms with van der Waals surface area (Å²) in [5.74, 6) is 6.31. The maximum absolute atomic E-state index is 5.25. The molecule has 0 bridgehead atoms. The second-order valence-electron chi connectivity index (χ2n) is 3.50. The van der Waals surface area contributed by atoms with Crippen LogP contribution in [0, 0.1) is 6.92 Å². The molecule has 0 saturated heterocycles. The smallest absolute Gasteiger partial charge is 0.239 e. The Hall–Kier alpha value is -1.66. The number of hydrogen-bond donors (Lipinski definition) is 3. The molecule has 2 aromatic rings. The summed E-state index contributed by atoms with van der Waals surface area (Å²) >= 11 is 3.48. The van der Waals surface area contributed by atoms with Gasteiger partial charge in [0.05, 0.1) is 0 Å². The lowest BCUT2D eigenvalue weighted by Crippen LogP contribution is -2.10. The number of nitrogens with one attached hydrogen (secondary N) is 2. The number of hydrogen-bond acceptors (Lipinski definition) is 5. The van der Waals surface area contributed by atoms with Gasteiger partial charge in [0.1, 0.15) is 5.82 Å². The summed E-state index contributed by atoms with van der Waals surface area (Å²) in [4.78, 5) is 8.10. The van der Waals surface area contributed by atoms with E-state index in [1.54, 1.807) is 12.3 Å². The molecule has 0 spiro atoms. The number of nitrogens with zero attached hydrogens (tertiary/aromatic N) is 2. The fourth-order valence-electron chi connectivity index (χ4n) is 1.32. The minimum atomic E-state index is 0.376. The number of nitrogens with two attached hydrogens (primary N) is 1. The lowest BCUT2D eigenvalue weighted by Gasteiger charge is -2.08. The highest BCUT2D eigenvalue weighted by Gasteiger charge is 2.00. The van der Waals surface area contributed by atoms with E-state index in [-0.39, 0.29) is 0 Å². The molecule has 0 fully saturated rings. The normalized spacial score (nSPS) is 10.1. The van der Waals surface area contributed by atoms with Gasteiger partial charge in [0, 0.05) is 16.4 Å². The lowest BCUT2D eigenvalue weighted by molar-refractivity contribution is 1.12. The van der Waals surface area contributed by atoms with Crippen molar-refractivity contribution in [2.45, 2.75) is 6.92 Å². The molecule has 88 valence electrons. The van der Waals surface area contributed by atoms with Gasteiger partial charge in [0.2, 0.25) is 5.95 Å². The molecular weight excluding hydrogens is 282 g/mol. The van der Waals surface area contributed by atoms with Crippen molar-refractivity contribution in [3.05, 3.63) is 40.5 Å². The molecule has 2 rings (SSSR count). The van der Waals surface area contributed by atoms with Crippen molar-refractivity contribution in [3.63, 3.8) is 0 Å². The topological polar surface area (TPSA) is 75.9 Å². The molecule has 0 saturated carbocycles. The number of nitrogen functional groups attached to an aromatic ring is 1. The van der Waals surface area contributed by atoms with Gasteiger partial charge in [-0.2, -0.15) is 4.98 Å². The van der Waals surface area contributed by atoms with E-state index in [9.17, 15) is 0 Å². The minimum Gasteiger partial charge on any atom is -0.340 e. The number of aromatic nitrogens is 2. The van der Waals surface area contributed by atoms with Gasteiger partial charge in [-0.3, -0.25) is 5.43 Å². The van der Waals surface area contributed by atoms with E-state index < -0.39 is 0 Å². The van der Waals surface area contributed by atoms with Gasteiger partial charge in [-0.05, 0) is 30.7 Å². The molecular formula is C11H12BrN5. The Morgan fingerprint density at radius 1 is 1.29 bits per heavy atom. The van der Waals surface area contributed by atoms with Crippen molar-refractivity contribution in [1.82, 2.24) is 9.97 Å². The molecule has 0 aliphatic rings. The first-order valence-electron chi connectivity index (χ1n) is 5.02.